The normalized spacial score (nSPS) is 14.1. The number of carbonyl (C=O) groups is 2. The molecule has 3 rings (SSSR count). The minimum absolute atomic E-state index is 0.0975. The van der Waals surface area contributed by atoms with E-state index in [1.807, 2.05) is 41.3 Å². The molecule has 0 aliphatic carbocycles. The van der Waals surface area contributed by atoms with E-state index in [-0.39, 0.29) is 11.8 Å². The third-order valence-corrected chi connectivity index (χ3v) is 4.75. The average molecular weight is 351 g/mol. The number of hydrogen-bond donors (Lipinski definition) is 2. The van der Waals surface area contributed by atoms with Crippen molar-refractivity contribution < 1.29 is 9.59 Å². The van der Waals surface area contributed by atoms with Crippen molar-refractivity contribution in [1.82, 2.24) is 10.2 Å². The second-order valence-corrected chi connectivity index (χ2v) is 6.63. The molecule has 1 saturated heterocycles. The van der Waals surface area contributed by atoms with Gasteiger partial charge in [-0.25, -0.2) is 0 Å². The zero-order valence-electron chi connectivity index (χ0n) is 14.9. The van der Waals surface area contributed by atoms with Gasteiger partial charge in [-0.3, -0.25) is 9.59 Å². The SMILES string of the molecule is NCc1ccc(C(=O)NCc2ccc(C(=O)N3CCCCC3)cc2)cc1. The molecular formula is C21H25N3O2. The maximum absolute atomic E-state index is 12.5. The highest BCUT2D eigenvalue weighted by molar-refractivity contribution is 5.95. The molecule has 5 nitrogen and oxygen atoms in total. The van der Waals surface area contributed by atoms with Crippen molar-refractivity contribution in [3.63, 3.8) is 0 Å². The Morgan fingerprint density at radius 1 is 0.846 bits per heavy atom. The van der Waals surface area contributed by atoms with Crippen LogP contribution in [0.2, 0.25) is 0 Å². The maximum atomic E-state index is 12.5. The molecule has 0 radical (unpaired) electrons. The van der Waals surface area contributed by atoms with Crippen molar-refractivity contribution in [2.75, 3.05) is 13.1 Å². The Morgan fingerprint density at radius 2 is 1.42 bits per heavy atom. The summed E-state index contributed by atoms with van der Waals surface area (Å²) in [6, 6.07) is 14.7. The number of hydrogen-bond acceptors (Lipinski definition) is 3. The Hall–Kier alpha value is -2.66. The van der Waals surface area contributed by atoms with Gasteiger partial charge in [-0.1, -0.05) is 24.3 Å². The molecule has 0 bridgehead atoms. The van der Waals surface area contributed by atoms with Gasteiger partial charge >= 0.3 is 0 Å². The Bertz CT molecular complexity index is 748. The van der Waals surface area contributed by atoms with Crippen molar-refractivity contribution in [2.45, 2.75) is 32.4 Å². The predicted molar refractivity (Wildman–Crippen MR) is 102 cm³/mol. The van der Waals surface area contributed by atoms with Crippen LogP contribution in [0.25, 0.3) is 0 Å². The third-order valence-electron chi connectivity index (χ3n) is 4.75. The minimum atomic E-state index is -0.123. The van der Waals surface area contributed by atoms with Gasteiger partial charge in [-0.15, -0.1) is 0 Å². The molecule has 0 saturated carbocycles. The molecule has 1 fully saturated rings. The lowest BCUT2D eigenvalue weighted by Crippen LogP contribution is -2.35. The van der Waals surface area contributed by atoms with Gasteiger partial charge in [0.2, 0.25) is 0 Å². The van der Waals surface area contributed by atoms with Crippen molar-refractivity contribution >= 4 is 11.8 Å². The highest BCUT2D eigenvalue weighted by atomic mass is 16.2. The van der Waals surface area contributed by atoms with Crippen LogP contribution in [0, 0.1) is 0 Å². The van der Waals surface area contributed by atoms with Gasteiger partial charge in [0.15, 0.2) is 0 Å². The second kappa shape index (κ2) is 8.63. The summed E-state index contributed by atoms with van der Waals surface area (Å²) in [5.41, 5.74) is 8.84. The number of nitrogens with one attached hydrogen (secondary N) is 1. The van der Waals surface area contributed by atoms with Gasteiger partial charge in [0, 0.05) is 37.3 Å². The molecule has 0 atom stereocenters. The first kappa shape index (κ1) is 18.1. The number of nitrogens with zero attached hydrogens (tertiary/aromatic N) is 1. The van der Waals surface area contributed by atoms with Crippen LogP contribution in [0.5, 0.6) is 0 Å². The molecule has 5 heteroatoms. The fraction of sp³-hybridized carbons (Fsp3) is 0.333. The van der Waals surface area contributed by atoms with Crippen LogP contribution in [0.15, 0.2) is 48.5 Å². The van der Waals surface area contributed by atoms with E-state index in [0.29, 0.717) is 24.2 Å². The van der Waals surface area contributed by atoms with Gasteiger partial charge in [0.25, 0.3) is 11.8 Å². The zero-order chi connectivity index (χ0) is 18.4. The number of nitrogens with two attached hydrogens (primary N) is 1. The molecule has 1 aliphatic rings. The van der Waals surface area contributed by atoms with Gasteiger partial charge in [0.1, 0.15) is 0 Å². The van der Waals surface area contributed by atoms with Crippen LogP contribution in [0.3, 0.4) is 0 Å². The molecule has 0 spiro atoms. The summed E-state index contributed by atoms with van der Waals surface area (Å²) in [5.74, 6) is -0.0256. The summed E-state index contributed by atoms with van der Waals surface area (Å²) >= 11 is 0. The first-order valence-electron chi connectivity index (χ1n) is 9.13. The molecule has 1 heterocycles. The van der Waals surface area contributed by atoms with Crippen LogP contribution in [-0.2, 0) is 13.1 Å². The lowest BCUT2D eigenvalue weighted by atomic mass is 10.1. The Kier molecular flexibility index (Phi) is 6.02. The highest BCUT2D eigenvalue weighted by Gasteiger charge is 2.17. The summed E-state index contributed by atoms with van der Waals surface area (Å²) < 4.78 is 0. The number of likely N-dealkylation sites (tertiary alicyclic amines) is 1. The lowest BCUT2D eigenvalue weighted by Gasteiger charge is -2.26. The van der Waals surface area contributed by atoms with Gasteiger partial charge < -0.3 is 16.0 Å². The number of piperidine rings is 1. The van der Waals surface area contributed by atoms with E-state index in [1.165, 1.54) is 6.42 Å². The van der Waals surface area contributed by atoms with Crippen LogP contribution >= 0.6 is 0 Å². The Balaban J connectivity index is 1.55. The lowest BCUT2D eigenvalue weighted by molar-refractivity contribution is 0.0724. The van der Waals surface area contributed by atoms with Crippen molar-refractivity contribution in [3.8, 4) is 0 Å². The van der Waals surface area contributed by atoms with Crippen LogP contribution in [0.4, 0.5) is 0 Å². The molecule has 2 aromatic rings. The topological polar surface area (TPSA) is 75.4 Å². The summed E-state index contributed by atoms with van der Waals surface area (Å²) in [4.78, 5) is 26.6. The van der Waals surface area contributed by atoms with E-state index in [9.17, 15) is 9.59 Å². The van der Waals surface area contributed by atoms with E-state index >= 15 is 0 Å². The summed E-state index contributed by atoms with van der Waals surface area (Å²) in [6.45, 7) is 2.58. The van der Waals surface area contributed by atoms with Crippen molar-refractivity contribution in [2.24, 2.45) is 5.73 Å². The molecule has 136 valence electrons. The largest absolute Gasteiger partial charge is 0.348 e. The number of benzene rings is 2. The molecular weight excluding hydrogens is 326 g/mol. The smallest absolute Gasteiger partial charge is 0.253 e. The fourth-order valence-electron chi connectivity index (χ4n) is 3.12. The predicted octanol–water partition coefficient (Wildman–Crippen LogP) is 2.70. The molecule has 2 amide bonds. The van der Waals surface area contributed by atoms with Crippen LogP contribution in [-0.4, -0.2) is 29.8 Å². The molecule has 2 aromatic carbocycles. The van der Waals surface area contributed by atoms with E-state index in [2.05, 4.69) is 5.32 Å². The zero-order valence-corrected chi connectivity index (χ0v) is 14.9. The van der Waals surface area contributed by atoms with E-state index < -0.39 is 0 Å². The second-order valence-electron chi connectivity index (χ2n) is 6.63. The monoisotopic (exact) mass is 351 g/mol. The average Bonchev–Trinajstić information content (AvgIpc) is 2.72. The summed E-state index contributed by atoms with van der Waals surface area (Å²) in [6.07, 6.45) is 3.38. The standard InChI is InChI=1S/C21H25N3O2/c22-14-16-4-8-18(9-5-16)20(25)23-15-17-6-10-19(11-7-17)21(26)24-12-2-1-3-13-24/h4-11H,1-3,12-15,22H2,(H,23,25). The minimum Gasteiger partial charge on any atom is -0.348 e. The Morgan fingerprint density at radius 3 is 2.04 bits per heavy atom. The fourth-order valence-corrected chi connectivity index (χ4v) is 3.12. The van der Waals surface area contributed by atoms with E-state index in [0.717, 1.165) is 37.1 Å². The maximum Gasteiger partial charge on any atom is 0.253 e. The summed E-state index contributed by atoms with van der Waals surface area (Å²) in [5, 5.41) is 2.90. The molecule has 3 N–H and O–H groups in total. The van der Waals surface area contributed by atoms with Crippen LogP contribution < -0.4 is 11.1 Å². The quantitative estimate of drug-likeness (QED) is 0.870. The van der Waals surface area contributed by atoms with Crippen LogP contribution in [0.1, 0.15) is 51.1 Å². The number of amides is 2. The van der Waals surface area contributed by atoms with E-state index in [1.54, 1.807) is 12.1 Å². The van der Waals surface area contributed by atoms with Crippen molar-refractivity contribution in [1.29, 1.82) is 0 Å². The van der Waals surface area contributed by atoms with Gasteiger partial charge in [0.05, 0.1) is 0 Å². The summed E-state index contributed by atoms with van der Waals surface area (Å²) in [7, 11) is 0. The highest BCUT2D eigenvalue weighted by Crippen LogP contribution is 2.14. The third kappa shape index (κ3) is 4.49. The number of carbonyl (C=O) groups excluding carboxylic acids is 2. The van der Waals surface area contributed by atoms with Crippen molar-refractivity contribution in [3.05, 3.63) is 70.8 Å². The molecule has 0 unspecified atom stereocenters. The molecule has 0 aromatic heterocycles. The molecule has 26 heavy (non-hydrogen) atoms. The van der Waals surface area contributed by atoms with Gasteiger partial charge in [-0.05, 0) is 54.7 Å². The molecule has 1 aliphatic heterocycles. The first-order valence-corrected chi connectivity index (χ1v) is 9.13. The first-order chi connectivity index (χ1) is 12.7. The van der Waals surface area contributed by atoms with E-state index in [4.69, 9.17) is 5.73 Å². The number of rotatable bonds is 5. The van der Waals surface area contributed by atoms with Gasteiger partial charge in [-0.2, -0.15) is 0 Å². The Labute approximate surface area is 154 Å².